The Morgan fingerprint density at radius 1 is 1.07 bits per heavy atom. The standard InChI is InChI=1S/C21H26F3N3S/c1-25-11-13-26(14-12-25)9-4-10-27-17-5-2-3-6-19(17)28-20-8-7-16(15-18(20)27)21(22,23)24/h2-3,5-8,16H,4,9-15H2,1H3. The van der Waals surface area contributed by atoms with Crippen LogP contribution in [0.2, 0.25) is 0 Å². The Bertz CT molecular complexity index is 766. The van der Waals surface area contributed by atoms with Crippen LogP contribution in [-0.2, 0) is 0 Å². The van der Waals surface area contributed by atoms with Gasteiger partial charge in [-0.1, -0.05) is 30.0 Å². The fourth-order valence-corrected chi connectivity index (χ4v) is 5.17. The molecule has 28 heavy (non-hydrogen) atoms. The molecule has 0 amide bonds. The summed E-state index contributed by atoms with van der Waals surface area (Å²) in [6, 6.07) is 8.05. The fraction of sp³-hybridized carbons (Fsp3) is 0.524. The van der Waals surface area contributed by atoms with Crippen LogP contribution in [0, 0.1) is 5.92 Å². The molecule has 0 aromatic heterocycles. The van der Waals surface area contributed by atoms with Crippen LogP contribution >= 0.6 is 11.8 Å². The summed E-state index contributed by atoms with van der Waals surface area (Å²) in [5.74, 6) is -1.39. The monoisotopic (exact) mass is 409 g/mol. The minimum Gasteiger partial charge on any atom is -0.343 e. The highest BCUT2D eigenvalue weighted by Gasteiger charge is 2.41. The van der Waals surface area contributed by atoms with E-state index in [2.05, 4.69) is 27.8 Å². The number of hydrogen-bond donors (Lipinski definition) is 0. The highest BCUT2D eigenvalue weighted by molar-refractivity contribution is 8.03. The van der Waals surface area contributed by atoms with Crippen molar-refractivity contribution in [2.24, 2.45) is 5.92 Å². The number of rotatable bonds is 4. The van der Waals surface area contributed by atoms with E-state index in [1.165, 1.54) is 6.08 Å². The SMILES string of the molecule is CN1CCN(CCCN2C3=C(C=CC(C(F)(F)F)C3)Sc3ccccc32)CC1. The van der Waals surface area contributed by atoms with Gasteiger partial charge in [-0.25, -0.2) is 0 Å². The summed E-state index contributed by atoms with van der Waals surface area (Å²) in [4.78, 5) is 9.01. The van der Waals surface area contributed by atoms with Gasteiger partial charge in [0.25, 0.3) is 0 Å². The fourth-order valence-electron chi connectivity index (χ4n) is 4.05. The van der Waals surface area contributed by atoms with Gasteiger partial charge in [0.05, 0.1) is 11.6 Å². The number of fused-ring (bicyclic) bond motifs is 1. The molecule has 1 saturated heterocycles. The van der Waals surface area contributed by atoms with Gasteiger partial charge in [0, 0.05) is 54.6 Å². The average Bonchev–Trinajstić information content (AvgIpc) is 2.68. The van der Waals surface area contributed by atoms with Crippen LogP contribution in [0.3, 0.4) is 0 Å². The van der Waals surface area contributed by atoms with Crippen molar-refractivity contribution in [2.75, 3.05) is 51.2 Å². The molecule has 0 radical (unpaired) electrons. The van der Waals surface area contributed by atoms with Gasteiger partial charge in [0.2, 0.25) is 0 Å². The van der Waals surface area contributed by atoms with Crippen LogP contribution in [0.25, 0.3) is 0 Å². The van der Waals surface area contributed by atoms with Crippen molar-refractivity contribution in [2.45, 2.75) is 23.9 Å². The van der Waals surface area contributed by atoms with Gasteiger partial charge in [-0.05, 0) is 38.2 Å². The first kappa shape index (κ1) is 19.9. The van der Waals surface area contributed by atoms with E-state index in [-0.39, 0.29) is 6.42 Å². The maximum atomic E-state index is 13.3. The quantitative estimate of drug-likeness (QED) is 0.719. The van der Waals surface area contributed by atoms with Gasteiger partial charge in [-0.3, -0.25) is 0 Å². The summed E-state index contributed by atoms with van der Waals surface area (Å²) in [5.41, 5.74) is 1.87. The molecule has 0 bridgehead atoms. The van der Waals surface area contributed by atoms with Gasteiger partial charge < -0.3 is 14.7 Å². The predicted molar refractivity (Wildman–Crippen MR) is 109 cm³/mol. The van der Waals surface area contributed by atoms with Gasteiger partial charge in [-0.2, -0.15) is 13.2 Å². The minimum absolute atomic E-state index is 0.0329. The highest BCUT2D eigenvalue weighted by atomic mass is 32.2. The van der Waals surface area contributed by atoms with E-state index < -0.39 is 12.1 Å². The molecule has 152 valence electrons. The molecule has 1 fully saturated rings. The first-order valence-electron chi connectivity index (χ1n) is 9.85. The van der Waals surface area contributed by atoms with E-state index in [0.717, 1.165) is 66.9 Å². The second-order valence-electron chi connectivity index (χ2n) is 7.74. The van der Waals surface area contributed by atoms with Crippen LogP contribution in [0.15, 0.2) is 51.9 Å². The molecule has 0 spiro atoms. The number of allylic oxidation sites excluding steroid dienone is 3. The lowest BCUT2D eigenvalue weighted by Gasteiger charge is -2.38. The molecule has 3 aliphatic rings. The Hall–Kier alpha value is -1.44. The van der Waals surface area contributed by atoms with Crippen molar-refractivity contribution in [3.8, 4) is 0 Å². The largest absolute Gasteiger partial charge is 0.395 e. The summed E-state index contributed by atoms with van der Waals surface area (Å²) in [7, 11) is 2.14. The van der Waals surface area contributed by atoms with Crippen LogP contribution in [0.5, 0.6) is 0 Å². The third-order valence-corrected chi connectivity index (χ3v) is 6.91. The number of thioether (sulfide) groups is 1. The number of hydrogen-bond acceptors (Lipinski definition) is 4. The van der Waals surface area contributed by atoms with Crippen molar-refractivity contribution in [3.05, 3.63) is 47.0 Å². The summed E-state index contributed by atoms with van der Waals surface area (Å²) < 4.78 is 40.0. The number of piperazine rings is 1. The minimum atomic E-state index is -4.19. The molecule has 1 aromatic rings. The van der Waals surface area contributed by atoms with E-state index in [1.807, 2.05) is 18.2 Å². The van der Waals surface area contributed by atoms with Gasteiger partial charge in [0.1, 0.15) is 0 Å². The topological polar surface area (TPSA) is 9.72 Å². The third-order valence-electron chi connectivity index (χ3n) is 5.75. The summed E-state index contributed by atoms with van der Waals surface area (Å²) in [6.07, 6.45) is -0.222. The maximum absolute atomic E-state index is 13.3. The molecule has 1 unspecified atom stereocenters. The number of para-hydroxylation sites is 1. The van der Waals surface area contributed by atoms with Crippen molar-refractivity contribution >= 4 is 17.4 Å². The van der Waals surface area contributed by atoms with Crippen LogP contribution < -0.4 is 4.90 Å². The lowest BCUT2D eigenvalue weighted by Crippen LogP contribution is -2.45. The Balaban J connectivity index is 1.49. The molecular formula is C21H26F3N3S. The molecule has 4 rings (SSSR count). The Labute approximate surface area is 168 Å². The van der Waals surface area contributed by atoms with E-state index in [4.69, 9.17) is 0 Å². The number of nitrogens with zero attached hydrogens (tertiary/aromatic N) is 3. The molecule has 0 saturated carbocycles. The summed E-state index contributed by atoms with van der Waals surface area (Å²) >= 11 is 1.59. The number of halogens is 3. The number of benzene rings is 1. The number of alkyl halides is 3. The van der Waals surface area contributed by atoms with Crippen LogP contribution in [-0.4, -0.2) is 62.3 Å². The highest BCUT2D eigenvalue weighted by Crippen LogP contribution is 2.49. The van der Waals surface area contributed by atoms with E-state index in [0.29, 0.717) is 0 Å². The number of likely N-dealkylation sites (N-methyl/N-ethyl adjacent to an activating group) is 1. The molecule has 1 atom stereocenters. The average molecular weight is 410 g/mol. The Morgan fingerprint density at radius 2 is 1.82 bits per heavy atom. The Kier molecular flexibility index (Phi) is 5.76. The summed E-state index contributed by atoms with van der Waals surface area (Å²) in [6.45, 7) is 6.03. The van der Waals surface area contributed by atoms with Gasteiger partial charge >= 0.3 is 6.18 Å². The second-order valence-corrected chi connectivity index (χ2v) is 8.83. The van der Waals surface area contributed by atoms with Crippen LogP contribution in [0.4, 0.5) is 18.9 Å². The van der Waals surface area contributed by atoms with Crippen LogP contribution in [0.1, 0.15) is 12.8 Å². The molecule has 1 aromatic carbocycles. The smallest absolute Gasteiger partial charge is 0.343 e. The van der Waals surface area contributed by atoms with Gasteiger partial charge in [0.15, 0.2) is 0 Å². The first-order valence-corrected chi connectivity index (χ1v) is 10.7. The third kappa shape index (κ3) is 4.26. The van der Waals surface area contributed by atoms with E-state index in [9.17, 15) is 13.2 Å². The molecule has 2 aliphatic heterocycles. The lowest BCUT2D eigenvalue weighted by atomic mass is 9.96. The van der Waals surface area contributed by atoms with Gasteiger partial charge in [-0.15, -0.1) is 0 Å². The predicted octanol–water partition coefficient (Wildman–Crippen LogP) is 4.59. The van der Waals surface area contributed by atoms with Crippen molar-refractivity contribution < 1.29 is 13.2 Å². The zero-order valence-electron chi connectivity index (χ0n) is 16.1. The lowest BCUT2D eigenvalue weighted by molar-refractivity contribution is -0.161. The Morgan fingerprint density at radius 3 is 2.57 bits per heavy atom. The zero-order chi connectivity index (χ0) is 19.7. The van der Waals surface area contributed by atoms with E-state index >= 15 is 0 Å². The van der Waals surface area contributed by atoms with Crippen molar-refractivity contribution in [1.82, 2.24) is 9.80 Å². The molecule has 3 nitrogen and oxygen atoms in total. The van der Waals surface area contributed by atoms with E-state index in [1.54, 1.807) is 17.8 Å². The van der Waals surface area contributed by atoms with Crippen molar-refractivity contribution in [3.63, 3.8) is 0 Å². The first-order chi connectivity index (χ1) is 13.4. The maximum Gasteiger partial charge on any atom is 0.395 e. The molecule has 2 heterocycles. The normalized spacial score (nSPS) is 23.7. The van der Waals surface area contributed by atoms with Crippen molar-refractivity contribution in [1.29, 1.82) is 0 Å². The summed E-state index contributed by atoms with van der Waals surface area (Å²) in [5, 5.41) is 0. The molecule has 7 heteroatoms. The molecule has 0 N–H and O–H groups in total. The molecular weight excluding hydrogens is 383 g/mol. The molecule has 1 aliphatic carbocycles. The number of anilines is 1. The zero-order valence-corrected chi connectivity index (χ0v) is 16.9. The second kappa shape index (κ2) is 8.13.